The van der Waals surface area contributed by atoms with Gasteiger partial charge in [0.05, 0.1) is 17.3 Å². The molecule has 0 aliphatic carbocycles. The molecule has 1 aromatic carbocycles. The molecule has 0 saturated carbocycles. The number of imide groups is 1. The number of hydrogen-bond acceptors (Lipinski definition) is 7. The van der Waals surface area contributed by atoms with Gasteiger partial charge < -0.3 is 9.82 Å². The molecule has 2 aromatic rings. The predicted octanol–water partition coefficient (Wildman–Crippen LogP) is 0.860. The van der Waals surface area contributed by atoms with E-state index in [-0.39, 0.29) is 11.1 Å². The van der Waals surface area contributed by atoms with Crippen LogP contribution in [0, 0.1) is 0 Å². The zero-order chi connectivity index (χ0) is 16.6. The minimum absolute atomic E-state index is 0.134. The molecule has 1 aliphatic rings. The van der Waals surface area contributed by atoms with Gasteiger partial charge in [0.15, 0.2) is 5.16 Å². The molecule has 0 atom stereocenters. The maximum absolute atomic E-state index is 12.1. The van der Waals surface area contributed by atoms with E-state index < -0.39 is 28.9 Å². The highest BCUT2D eigenvalue weighted by Crippen LogP contribution is 2.23. The smallest absolute Gasteiger partial charge is 0.324 e. The Balaban J connectivity index is 1.86. The molecule has 1 N–H and O–H groups in total. The molecule has 0 saturated heterocycles. The Hall–Kier alpha value is -2.94. The molecule has 0 fully saturated rings. The van der Waals surface area contributed by atoms with Crippen molar-refractivity contribution in [3.8, 4) is 0 Å². The SMILES string of the molecule is CSc1ncc(C(=O)ON2C(=O)c3ccccc3C2=O)c(=O)[nH]1. The number of carbonyl (C=O) groups is 3. The highest BCUT2D eigenvalue weighted by Gasteiger charge is 2.39. The van der Waals surface area contributed by atoms with Crippen molar-refractivity contribution >= 4 is 29.5 Å². The summed E-state index contributed by atoms with van der Waals surface area (Å²) in [5.41, 5.74) is -0.851. The van der Waals surface area contributed by atoms with Crippen LogP contribution in [0.1, 0.15) is 31.1 Å². The first-order valence-corrected chi connectivity index (χ1v) is 7.59. The van der Waals surface area contributed by atoms with Crippen molar-refractivity contribution in [3.05, 3.63) is 57.5 Å². The van der Waals surface area contributed by atoms with E-state index in [2.05, 4.69) is 9.97 Å². The third-order valence-corrected chi connectivity index (χ3v) is 3.71. The normalized spacial score (nSPS) is 13.2. The summed E-state index contributed by atoms with van der Waals surface area (Å²) in [7, 11) is 0. The molecule has 1 aromatic heterocycles. The molecule has 2 amide bonds. The van der Waals surface area contributed by atoms with Crippen molar-refractivity contribution in [3.63, 3.8) is 0 Å². The molecule has 0 bridgehead atoms. The average molecular weight is 331 g/mol. The Morgan fingerprint density at radius 3 is 2.30 bits per heavy atom. The highest BCUT2D eigenvalue weighted by atomic mass is 32.2. The van der Waals surface area contributed by atoms with Crippen LogP contribution in [0.5, 0.6) is 0 Å². The van der Waals surface area contributed by atoms with Gasteiger partial charge in [0, 0.05) is 0 Å². The molecule has 3 rings (SSSR count). The first-order chi connectivity index (χ1) is 11.0. The summed E-state index contributed by atoms with van der Waals surface area (Å²) >= 11 is 1.19. The van der Waals surface area contributed by atoms with Gasteiger partial charge in [-0.1, -0.05) is 29.0 Å². The maximum Gasteiger partial charge on any atom is 0.371 e. The van der Waals surface area contributed by atoms with Crippen LogP contribution in [0.2, 0.25) is 0 Å². The number of rotatable bonds is 3. The van der Waals surface area contributed by atoms with Gasteiger partial charge in [0.25, 0.3) is 17.4 Å². The molecule has 1 aliphatic heterocycles. The molecule has 0 radical (unpaired) electrons. The van der Waals surface area contributed by atoms with Gasteiger partial charge in [0.1, 0.15) is 5.56 Å². The molecule has 0 spiro atoms. The lowest BCUT2D eigenvalue weighted by Crippen LogP contribution is -2.34. The maximum atomic E-state index is 12.1. The summed E-state index contributed by atoms with van der Waals surface area (Å²) in [6.07, 6.45) is 2.74. The molecule has 9 heteroatoms. The number of hydrogen-bond donors (Lipinski definition) is 1. The molecular formula is C14H9N3O5S. The van der Waals surface area contributed by atoms with Gasteiger partial charge in [-0.3, -0.25) is 14.4 Å². The Bertz CT molecular complexity index is 857. The topological polar surface area (TPSA) is 109 Å². The van der Waals surface area contributed by atoms with Crippen LogP contribution < -0.4 is 5.56 Å². The van der Waals surface area contributed by atoms with E-state index in [1.807, 2.05) is 0 Å². The van der Waals surface area contributed by atoms with Crippen LogP contribution >= 0.6 is 11.8 Å². The molecule has 116 valence electrons. The van der Waals surface area contributed by atoms with Crippen molar-refractivity contribution in [2.45, 2.75) is 5.16 Å². The van der Waals surface area contributed by atoms with Gasteiger partial charge in [0.2, 0.25) is 0 Å². The minimum Gasteiger partial charge on any atom is -0.324 e. The van der Waals surface area contributed by atoms with Gasteiger partial charge in [-0.2, -0.15) is 0 Å². The Morgan fingerprint density at radius 2 is 1.78 bits per heavy atom. The second-order valence-corrected chi connectivity index (χ2v) is 5.26. The lowest BCUT2D eigenvalue weighted by Gasteiger charge is -2.12. The number of aromatic amines is 1. The monoisotopic (exact) mass is 331 g/mol. The van der Waals surface area contributed by atoms with E-state index in [0.29, 0.717) is 10.2 Å². The molecule has 8 nitrogen and oxygen atoms in total. The van der Waals surface area contributed by atoms with E-state index in [1.54, 1.807) is 18.4 Å². The van der Waals surface area contributed by atoms with E-state index in [4.69, 9.17) is 4.84 Å². The summed E-state index contributed by atoms with van der Waals surface area (Å²) in [4.78, 5) is 59.0. The third kappa shape index (κ3) is 2.50. The van der Waals surface area contributed by atoms with Gasteiger partial charge in [-0.05, 0) is 18.4 Å². The summed E-state index contributed by atoms with van der Waals surface area (Å²) in [6.45, 7) is 0. The first kappa shape index (κ1) is 15.0. The molecule has 2 heterocycles. The second kappa shape index (κ2) is 5.69. The van der Waals surface area contributed by atoms with Gasteiger partial charge in [-0.15, -0.1) is 0 Å². The van der Waals surface area contributed by atoms with E-state index in [0.717, 1.165) is 6.20 Å². The Kier molecular flexibility index (Phi) is 3.70. The fourth-order valence-electron chi connectivity index (χ4n) is 2.01. The number of H-pyrrole nitrogens is 1. The second-order valence-electron chi connectivity index (χ2n) is 4.46. The fourth-order valence-corrected chi connectivity index (χ4v) is 2.36. The number of nitrogens with zero attached hydrogens (tertiary/aromatic N) is 2. The van der Waals surface area contributed by atoms with Crippen LogP contribution in [0.4, 0.5) is 0 Å². The van der Waals surface area contributed by atoms with E-state index >= 15 is 0 Å². The largest absolute Gasteiger partial charge is 0.371 e. The standard InChI is InChI=1S/C14H9N3O5S/c1-23-14-15-6-9(10(18)16-14)13(21)22-17-11(19)7-4-2-3-5-8(7)12(17)20/h2-6H,1H3,(H,15,16,18). The zero-order valence-electron chi connectivity index (χ0n) is 11.7. The predicted molar refractivity (Wildman–Crippen MR) is 79.0 cm³/mol. The third-order valence-electron chi connectivity index (χ3n) is 3.12. The van der Waals surface area contributed by atoms with E-state index in [1.165, 1.54) is 23.9 Å². The van der Waals surface area contributed by atoms with Crippen molar-refractivity contribution in [2.75, 3.05) is 6.26 Å². The number of hydroxylamine groups is 2. The van der Waals surface area contributed by atoms with Gasteiger partial charge in [-0.25, -0.2) is 9.78 Å². The van der Waals surface area contributed by atoms with Crippen LogP contribution in [-0.4, -0.2) is 39.1 Å². The summed E-state index contributed by atoms with van der Waals surface area (Å²) in [5.74, 6) is -2.66. The summed E-state index contributed by atoms with van der Waals surface area (Å²) < 4.78 is 0. The van der Waals surface area contributed by atoms with Crippen molar-refractivity contribution in [1.82, 2.24) is 15.0 Å². The van der Waals surface area contributed by atoms with Crippen LogP contribution in [0.25, 0.3) is 0 Å². The lowest BCUT2D eigenvalue weighted by molar-refractivity contribution is -0.0586. The average Bonchev–Trinajstić information content (AvgIpc) is 2.80. The number of aromatic nitrogens is 2. The number of thioether (sulfide) groups is 1. The Labute approximate surface area is 133 Å². The molecule has 0 unspecified atom stereocenters. The minimum atomic E-state index is -1.14. The van der Waals surface area contributed by atoms with Crippen LogP contribution in [0.3, 0.4) is 0 Å². The Morgan fingerprint density at radius 1 is 1.17 bits per heavy atom. The van der Waals surface area contributed by atoms with E-state index in [9.17, 15) is 19.2 Å². The van der Waals surface area contributed by atoms with Crippen molar-refractivity contribution < 1.29 is 19.2 Å². The number of carbonyl (C=O) groups excluding carboxylic acids is 3. The zero-order valence-corrected chi connectivity index (χ0v) is 12.5. The number of benzene rings is 1. The lowest BCUT2D eigenvalue weighted by atomic mass is 10.1. The number of fused-ring (bicyclic) bond motifs is 1. The van der Waals surface area contributed by atoms with Crippen molar-refractivity contribution in [2.24, 2.45) is 0 Å². The van der Waals surface area contributed by atoms with Crippen LogP contribution in [-0.2, 0) is 4.84 Å². The van der Waals surface area contributed by atoms with Crippen molar-refractivity contribution in [1.29, 1.82) is 0 Å². The van der Waals surface area contributed by atoms with Gasteiger partial charge >= 0.3 is 5.97 Å². The highest BCUT2D eigenvalue weighted by molar-refractivity contribution is 7.98. The summed E-state index contributed by atoms with van der Waals surface area (Å²) in [6, 6.07) is 6.08. The quantitative estimate of drug-likeness (QED) is 0.504. The fraction of sp³-hybridized carbons (Fsp3) is 0.0714. The van der Waals surface area contributed by atoms with Crippen LogP contribution in [0.15, 0.2) is 40.4 Å². The first-order valence-electron chi connectivity index (χ1n) is 6.36. The molecular weight excluding hydrogens is 322 g/mol. The molecule has 23 heavy (non-hydrogen) atoms. The number of amides is 2. The summed E-state index contributed by atoms with van der Waals surface area (Å²) in [5, 5.41) is 0.668. The number of nitrogens with one attached hydrogen (secondary N) is 1.